The van der Waals surface area contributed by atoms with Crippen LogP contribution in [0.3, 0.4) is 0 Å². The van der Waals surface area contributed by atoms with Crippen molar-refractivity contribution in [3.8, 4) is 0 Å². The summed E-state index contributed by atoms with van der Waals surface area (Å²) in [6.07, 6.45) is 2.25. The molecule has 0 saturated carbocycles. The van der Waals surface area contributed by atoms with E-state index in [-0.39, 0.29) is 5.41 Å². The maximum absolute atomic E-state index is 5.93. The Morgan fingerprint density at radius 3 is 2.75 bits per heavy atom. The average Bonchev–Trinajstić information content (AvgIpc) is 2.57. The van der Waals surface area contributed by atoms with Crippen molar-refractivity contribution in [3.63, 3.8) is 0 Å². The number of halogens is 1. The van der Waals surface area contributed by atoms with E-state index in [1.165, 1.54) is 5.56 Å². The predicted octanol–water partition coefficient (Wildman–Crippen LogP) is 3.95. The van der Waals surface area contributed by atoms with Crippen molar-refractivity contribution < 1.29 is 0 Å². The van der Waals surface area contributed by atoms with Gasteiger partial charge in [0, 0.05) is 5.88 Å². The molecule has 0 fully saturated rings. The van der Waals surface area contributed by atoms with Crippen molar-refractivity contribution in [1.29, 1.82) is 0 Å². The summed E-state index contributed by atoms with van der Waals surface area (Å²) in [6.45, 7) is 4.45. The van der Waals surface area contributed by atoms with E-state index in [0.29, 0.717) is 0 Å². The molecule has 1 aromatic rings. The molecule has 1 rings (SSSR count). The third-order valence-electron chi connectivity index (χ3n) is 2.39. The van der Waals surface area contributed by atoms with Crippen LogP contribution in [0.4, 0.5) is 0 Å². The topological polar surface area (TPSA) is 0 Å². The fraction of sp³-hybridized carbons (Fsp3) is 0.600. The Kier molecular flexibility index (Phi) is 3.60. The van der Waals surface area contributed by atoms with Gasteiger partial charge in [-0.25, -0.2) is 0 Å². The highest BCUT2D eigenvalue weighted by molar-refractivity contribution is 7.07. The Bertz CT molecular complexity index is 212. The fourth-order valence-electron chi connectivity index (χ4n) is 1.15. The Hall–Kier alpha value is -0.0100. The van der Waals surface area contributed by atoms with Crippen LogP contribution in [0.15, 0.2) is 16.8 Å². The summed E-state index contributed by atoms with van der Waals surface area (Å²) in [6, 6.07) is 2.19. The summed E-state index contributed by atoms with van der Waals surface area (Å²) in [4.78, 5) is 0. The zero-order chi connectivity index (χ0) is 9.03. The molecule has 0 bridgehead atoms. The molecule has 12 heavy (non-hydrogen) atoms. The van der Waals surface area contributed by atoms with Crippen LogP contribution in [0.5, 0.6) is 0 Å². The summed E-state index contributed by atoms with van der Waals surface area (Å²) < 4.78 is 0. The summed E-state index contributed by atoms with van der Waals surface area (Å²) in [5, 5.41) is 4.33. The highest BCUT2D eigenvalue weighted by Crippen LogP contribution is 2.28. The monoisotopic (exact) mass is 202 g/mol. The van der Waals surface area contributed by atoms with Crippen LogP contribution in [0.1, 0.15) is 25.8 Å². The molecule has 1 heterocycles. The Labute approximate surface area is 83.6 Å². The van der Waals surface area contributed by atoms with Crippen molar-refractivity contribution in [2.24, 2.45) is 5.41 Å². The zero-order valence-electron chi connectivity index (χ0n) is 7.64. The number of thiophene rings is 1. The summed E-state index contributed by atoms with van der Waals surface area (Å²) in [5.41, 5.74) is 1.70. The number of hydrogen-bond acceptors (Lipinski definition) is 1. The first-order chi connectivity index (χ1) is 5.70. The average molecular weight is 203 g/mol. The van der Waals surface area contributed by atoms with Gasteiger partial charge >= 0.3 is 0 Å². The van der Waals surface area contributed by atoms with Crippen LogP contribution in [0.25, 0.3) is 0 Å². The van der Waals surface area contributed by atoms with Crippen molar-refractivity contribution in [2.75, 3.05) is 5.88 Å². The van der Waals surface area contributed by atoms with Crippen LogP contribution in [-0.4, -0.2) is 5.88 Å². The van der Waals surface area contributed by atoms with Gasteiger partial charge in [0.15, 0.2) is 0 Å². The lowest BCUT2D eigenvalue weighted by atomic mass is 9.84. The number of hydrogen-bond donors (Lipinski definition) is 0. The van der Waals surface area contributed by atoms with Gasteiger partial charge in [0.2, 0.25) is 0 Å². The smallest absolute Gasteiger partial charge is 0.0280 e. The van der Waals surface area contributed by atoms with Gasteiger partial charge in [-0.3, -0.25) is 0 Å². The summed E-state index contributed by atoms with van der Waals surface area (Å²) in [7, 11) is 0. The van der Waals surface area contributed by atoms with Gasteiger partial charge < -0.3 is 0 Å². The maximum atomic E-state index is 5.93. The minimum absolute atomic E-state index is 0.280. The van der Waals surface area contributed by atoms with Gasteiger partial charge in [-0.2, -0.15) is 11.3 Å². The van der Waals surface area contributed by atoms with Gasteiger partial charge in [-0.05, 0) is 40.6 Å². The van der Waals surface area contributed by atoms with Gasteiger partial charge in [0.1, 0.15) is 0 Å². The first-order valence-corrected chi connectivity index (χ1v) is 5.75. The van der Waals surface area contributed by atoms with Crippen LogP contribution in [0.2, 0.25) is 0 Å². The lowest BCUT2D eigenvalue weighted by Gasteiger charge is -2.24. The molecule has 1 unspecified atom stereocenters. The lowest BCUT2D eigenvalue weighted by Crippen LogP contribution is -2.20. The molecule has 68 valence electrons. The van der Waals surface area contributed by atoms with Crippen molar-refractivity contribution in [3.05, 3.63) is 22.4 Å². The van der Waals surface area contributed by atoms with E-state index in [2.05, 4.69) is 30.7 Å². The van der Waals surface area contributed by atoms with Crippen molar-refractivity contribution in [1.82, 2.24) is 0 Å². The molecule has 1 atom stereocenters. The maximum Gasteiger partial charge on any atom is 0.0280 e. The normalized spacial score (nSPS) is 15.9. The highest BCUT2D eigenvalue weighted by atomic mass is 35.5. The molecule has 0 aliphatic carbocycles. The molecule has 0 aliphatic rings. The Morgan fingerprint density at radius 1 is 1.58 bits per heavy atom. The Balaban J connectivity index is 2.60. The van der Waals surface area contributed by atoms with E-state index in [1.54, 1.807) is 11.3 Å². The summed E-state index contributed by atoms with van der Waals surface area (Å²) >= 11 is 7.69. The van der Waals surface area contributed by atoms with Crippen LogP contribution < -0.4 is 0 Å². The van der Waals surface area contributed by atoms with Crippen molar-refractivity contribution >= 4 is 22.9 Å². The van der Waals surface area contributed by atoms with Gasteiger partial charge in [0.05, 0.1) is 0 Å². The van der Waals surface area contributed by atoms with Gasteiger partial charge in [-0.1, -0.05) is 13.8 Å². The first-order valence-electron chi connectivity index (χ1n) is 4.27. The van der Waals surface area contributed by atoms with Crippen LogP contribution in [-0.2, 0) is 6.42 Å². The number of alkyl halides is 1. The molecule has 0 spiro atoms. The van der Waals surface area contributed by atoms with E-state index in [1.807, 2.05) is 0 Å². The molecule has 2 heteroatoms. The molecule has 0 N–H and O–H groups in total. The molecule has 0 aromatic carbocycles. The van der Waals surface area contributed by atoms with E-state index in [0.717, 1.165) is 18.7 Å². The molecule has 0 nitrogen and oxygen atoms in total. The SMILES string of the molecule is CCC(C)(CCl)Cc1ccsc1. The molecule has 0 radical (unpaired) electrons. The largest absolute Gasteiger partial charge is 0.152 e. The zero-order valence-corrected chi connectivity index (χ0v) is 9.21. The minimum Gasteiger partial charge on any atom is -0.152 e. The Morgan fingerprint density at radius 2 is 2.33 bits per heavy atom. The standard InChI is InChI=1S/C10H15ClS/c1-3-10(2,8-11)6-9-4-5-12-7-9/h4-5,7H,3,6,8H2,1-2H3. The first kappa shape index (κ1) is 10.1. The molecular formula is C10H15ClS. The molecule has 0 amide bonds. The van der Waals surface area contributed by atoms with Crippen LogP contribution >= 0.6 is 22.9 Å². The number of rotatable bonds is 4. The van der Waals surface area contributed by atoms with E-state index in [4.69, 9.17) is 11.6 Å². The minimum atomic E-state index is 0.280. The molecule has 1 aromatic heterocycles. The lowest BCUT2D eigenvalue weighted by molar-refractivity contribution is 0.356. The van der Waals surface area contributed by atoms with E-state index >= 15 is 0 Å². The van der Waals surface area contributed by atoms with Crippen molar-refractivity contribution in [2.45, 2.75) is 26.7 Å². The third-order valence-corrected chi connectivity index (χ3v) is 3.76. The summed E-state index contributed by atoms with van der Waals surface area (Å²) in [5.74, 6) is 0.749. The van der Waals surface area contributed by atoms with Gasteiger partial charge in [-0.15, -0.1) is 11.6 Å². The van der Waals surface area contributed by atoms with Gasteiger partial charge in [0.25, 0.3) is 0 Å². The second-order valence-electron chi connectivity index (χ2n) is 3.61. The second kappa shape index (κ2) is 4.29. The highest BCUT2D eigenvalue weighted by Gasteiger charge is 2.21. The molecular weight excluding hydrogens is 188 g/mol. The predicted molar refractivity (Wildman–Crippen MR) is 57.1 cm³/mol. The van der Waals surface area contributed by atoms with E-state index in [9.17, 15) is 0 Å². The van der Waals surface area contributed by atoms with Crippen LogP contribution in [0, 0.1) is 5.41 Å². The molecule has 0 aliphatic heterocycles. The third kappa shape index (κ3) is 2.49. The molecule has 0 saturated heterocycles. The quantitative estimate of drug-likeness (QED) is 0.649. The van der Waals surface area contributed by atoms with E-state index < -0.39 is 0 Å². The second-order valence-corrected chi connectivity index (χ2v) is 4.65. The fourth-order valence-corrected chi connectivity index (χ4v) is 2.10.